The zero-order valence-corrected chi connectivity index (χ0v) is 12.3. The summed E-state index contributed by atoms with van der Waals surface area (Å²) in [4.78, 5) is 5.17. The van der Waals surface area contributed by atoms with Crippen molar-refractivity contribution in [2.24, 2.45) is 12.8 Å². The van der Waals surface area contributed by atoms with Gasteiger partial charge in [-0.05, 0) is 33.2 Å². The van der Waals surface area contributed by atoms with E-state index in [0.29, 0.717) is 12.6 Å². The topological polar surface area (TPSA) is 50.3 Å². The summed E-state index contributed by atoms with van der Waals surface area (Å²) < 4.78 is 2.01. The van der Waals surface area contributed by atoms with Crippen LogP contribution in [0.5, 0.6) is 0 Å². The highest BCUT2D eigenvalue weighted by Gasteiger charge is 2.36. The first kappa shape index (κ1) is 12.9. The van der Waals surface area contributed by atoms with Crippen LogP contribution in [0.3, 0.4) is 0 Å². The van der Waals surface area contributed by atoms with Crippen LogP contribution >= 0.6 is 0 Å². The average molecular weight is 263 g/mol. The first-order valence-corrected chi connectivity index (χ1v) is 7.35. The molecule has 5 nitrogen and oxygen atoms in total. The Kier molecular flexibility index (Phi) is 3.27. The van der Waals surface area contributed by atoms with Crippen LogP contribution in [0.25, 0.3) is 0 Å². The highest BCUT2D eigenvalue weighted by Crippen LogP contribution is 2.31. The maximum atomic E-state index is 5.93. The molecule has 0 bridgehead atoms. The number of piperazine rings is 1. The number of anilines is 1. The molecule has 1 aromatic rings. The quantitative estimate of drug-likeness (QED) is 0.860. The maximum absolute atomic E-state index is 5.93. The van der Waals surface area contributed by atoms with E-state index in [1.165, 1.54) is 37.3 Å². The molecule has 5 heteroatoms. The normalized spacial score (nSPS) is 27.9. The number of nitrogens with zero attached hydrogens (tertiary/aromatic N) is 4. The Morgan fingerprint density at radius 1 is 1.37 bits per heavy atom. The number of aromatic nitrogens is 2. The van der Waals surface area contributed by atoms with Gasteiger partial charge in [-0.3, -0.25) is 9.58 Å². The van der Waals surface area contributed by atoms with Gasteiger partial charge in [0, 0.05) is 44.3 Å². The number of aryl methyl sites for hydroxylation is 2. The lowest BCUT2D eigenvalue weighted by Crippen LogP contribution is -2.55. The summed E-state index contributed by atoms with van der Waals surface area (Å²) in [5, 5.41) is 4.56. The zero-order valence-electron chi connectivity index (χ0n) is 12.3. The van der Waals surface area contributed by atoms with Crippen molar-refractivity contribution < 1.29 is 0 Å². The molecule has 0 amide bonds. The standard InChI is InChI=1S/C14H25N5/c1-10-8-18-6-4-5-12(18)9-19(10)14-13(7-15)11(2)16-17(14)3/h10,12H,4-9,15H2,1-3H3. The van der Waals surface area contributed by atoms with Crippen molar-refractivity contribution in [1.29, 1.82) is 0 Å². The van der Waals surface area contributed by atoms with Crippen molar-refractivity contribution >= 4 is 5.82 Å². The van der Waals surface area contributed by atoms with Gasteiger partial charge in [-0.25, -0.2) is 0 Å². The van der Waals surface area contributed by atoms with Gasteiger partial charge >= 0.3 is 0 Å². The summed E-state index contributed by atoms with van der Waals surface area (Å²) in [7, 11) is 2.04. The van der Waals surface area contributed by atoms with Gasteiger partial charge in [0.25, 0.3) is 0 Å². The van der Waals surface area contributed by atoms with Crippen LogP contribution in [0.1, 0.15) is 31.0 Å². The summed E-state index contributed by atoms with van der Waals surface area (Å²) in [6.07, 6.45) is 2.68. The predicted octanol–water partition coefficient (Wildman–Crippen LogP) is 0.860. The largest absolute Gasteiger partial charge is 0.351 e. The molecule has 2 fully saturated rings. The lowest BCUT2D eigenvalue weighted by molar-refractivity contribution is 0.201. The van der Waals surface area contributed by atoms with E-state index in [2.05, 4.69) is 28.7 Å². The molecule has 2 N–H and O–H groups in total. The van der Waals surface area contributed by atoms with Crippen LogP contribution in [0, 0.1) is 6.92 Å². The second-order valence-electron chi connectivity index (χ2n) is 6.01. The van der Waals surface area contributed by atoms with Gasteiger partial charge in [-0.2, -0.15) is 5.10 Å². The van der Waals surface area contributed by atoms with E-state index in [1.807, 2.05) is 11.7 Å². The molecule has 0 spiro atoms. The van der Waals surface area contributed by atoms with Crippen LogP contribution in [-0.2, 0) is 13.6 Å². The first-order valence-electron chi connectivity index (χ1n) is 7.35. The van der Waals surface area contributed by atoms with E-state index in [0.717, 1.165) is 18.3 Å². The Morgan fingerprint density at radius 2 is 2.16 bits per heavy atom. The Balaban J connectivity index is 1.93. The molecule has 0 aromatic carbocycles. The highest BCUT2D eigenvalue weighted by atomic mass is 15.4. The van der Waals surface area contributed by atoms with Crippen LogP contribution in [-0.4, -0.2) is 46.4 Å². The summed E-state index contributed by atoms with van der Waals surface area (Å²) in [5.41, 5.74) is 8.21. The molecular weight excluding hydrogens is 238 g/mol. The third kappa shape index (κ3) is 2.05. The first-order chi connectivity index (χ1) is 9.11. The molecule has 2 aliphatic rings. The SMILES string of the molecule is Cc1nn(C)c(N2CC3CCCN3CC2C)c1CN. The van der Waals surface area contributed by atoms with E-state index in [4.69, 9.17) is 5.73 Å². The number of rotatable bonds is 2. The summed E-state index contributed by atoms with van der Waals surface area (Å²) >= 11 is 0. The van der Waals surface area contributed by atoms with Crippen molar-refractivity contribution in [2.75, 3.05) is 24.5 Å². The minimum atomic E-state index is 0.537. The van der Waals surface area contributed by atoms with Gasteiger partial charge in [-0.15, -0.1) is 0 Å². The van der Waals surface area contributed by atoms with Gasteiger partial charge in [0.1, 0.15) is 5.82 Å². The molecule has 3 rings (SSSR count). The van der Waals surface area contributed by atoms with Gasteiger partial charge in [0.15, 0.2) is 0 Å². The molecule has 19 heavy (non-hydrogen) atoms. The Hall–Kier alpha value is -1.07. The third-order valence-corrected chi connectivity index (χ3v) is 4.73. The maximum Gasteiger partial charge on any atom is 0.131 e. The summed E-state index contributed by atoms with van der Waals surface area (Å²) in [6.45, 7) is 8.51. The molecule has 2 aliphatic heterocycles. The van der Waals surface area contributed by atoms with Gasteiger partial charge in [-0.1, -0.05) is 0 Å². The van der Waals surface area contributed by atoms with Crippen LogP contribution in [0.4, 0.5) is 5.82 Å². The second-order valence-corrected chi connectivity index (χ2v) is 6.01. The lowest BCUT2D eigenvalue weighted by Gasteiger charge is -2.43. The highest BCUT2D eigenvalue weighted by molar-refractivity contribution is 5.51. The zero-order chi connectivity index (χ0) is 13.6. The van der Waals surface area contributed by atoms with E-state index >= 15 is 0 Å². The van der Waals surface area contributed by atoms with Crippen LogP contribution < -0.4 is 10.6 Å². The van der Waals surface area contributed by atoms with Gasteiger partial charge in [0.2, 0.25) is 0 Å². The van der Waals surface area contributed by atoms with Crippen molar-refractivity contribution in [3.05, 3.63) is 11.3 Å². The van der Waals surface area contributed by atoms with Gasteiger partial charge in [0.05, 0.1) is 5.69 Å². The van der Waals surface area contributed by atoms with Crippen molar-refractivity contribution in [2.45, 2.75) is 45.3 Å². The molecule has 106 valence electrons. The molecule has 2 unspecified atom stereocenters. The fraction of sp³-hybridized carbons (Fsp3) is 0.786. The van der Waals surface area contributed by atoms with E-state index in [1.54, 1.807) is 0 Å². The fourth-order valence-corrected chi connectivity index (χ4v) is 3.77. The average Bonchev–Trinajstić information content (AvgIpc) is 2.91. The molecule has 0 radical (unpaired) electrons. The number of nitrogens with two attached hydrogens (primary N) is 1. The van der Waals surface area contributed by atoms with E-state index < -0.39 is 0 Å². The molecule has 3 heterocycles. The summed E-state index contributed by atoms with van der Waals surface area (Å²) in [6, 6.07) is 1.26. The lowest BCUT2D eigenvalue weighted by atomic mass is 10.1. The smallest absolute Gasteiger partial charge is 0.131 e. The Bertz CT molecular complexity index is 467. The minimum Gasteiger partial charge on any atom is -0.351 e. The molecule has 2 atom stereocenters. The molecular formula is C14H25N5. The monoisotopic (exact) mass is 263 g/mol. The predicted molar refractivity (Wildman–Crippen MR) is 77.2 cm³/mol. The minimum absolute atomic E-state index is 0.537. The molecule has 0 aliphatic carbocycles. The number of hydrogen-bond acceptors (Lipinski definition) is 4. The third-order valence-electron chi connectivity index (χ3n) is 4.73. The van der Waals surface area contributed by atoms with Crippen LogP contribution in [0.15, 0.2) is 0 Å². The Morgan fingerprint density at radius 3 is 2.89 bits per heavy atom. The van der Waals surface area contributed by atoms with Crippen molar-refractivity contribution in [1.82, 2.24) is 14.7 Å². The molecule has 0 saturated carbocycles. The number of fused-ring (bicyclic) bond motifs is 1. The Labute approximate surface area is 115 Å². The molecule has 1 aromatic heterocycles. The number of hydrogen-bond donors (Lipinski definition) is 1. The fourth-order valence-electron chi connectivity index (χ4n) is 3.77. The van der Waals surface area contributed by atoms with Gasteiger partial charge < -0.3 is 10.6 Å². The summed E-state index contributed by atoms with van der Waals surface area (Å²) in [5.74, 6) is 1.24. The van der Waals surface area contributed by atoms with E-state index in [9.17, 15) is 0 Å². The van der Waals surface area contributed by atoms with E-state index in [-0.39, 0.29) is 0 Å². The van der Waals surface area contributed by atoms with Crippen molar-refractivity contribution in [3.8, 4) is 0 Å². The molecule has 2 saturated heterocycles. The van der Waals surface area contributed by atoms with Crippen molar-refractivity contribution in [3.63, 3.8) is 0 Å². The van der Waals surface area contributed by atoms with Crippen LogP contribution in [0.2, 0.25) is 0 Å². The second kappa shape index (κ2) is 4.80.